The van der Waals surface area contributed by atoms with Gasteiger partial charge in [0.05, 0.1) is 12.8 Å². The van der Waals surface area contributed by atoms with E-state index < -0.39 is 0 Å². The lowest BCUT2D eigenvalue weighted by molar-refractivity contribution is 0.0598. The molecular formula is C8H11BrN2O2. The van der Waals surface area contributed by atoms with Crippen molar-refractivity contribution in [3.8, 4) is 0 Å². The highest BCUT2D eigenvalue weighted by atomic mass is 79.9. The molecule has 0 aliphatic heterocycles. The smallest absolute Gasteiger partial charge is 0.342 e. The zero-order valence-corrected chi connectivity index (χ0v) is 9.38. The Balaban J connectivity index is 3.20. The summed E-state index contributed by atoms with van der Waals surface area (Å²) in [5, 5.41) is 4.13. The lowest BCUT2D eigenvalue weighted by Crippen LogP contribution is -2.05. The van der Waals surface area contributed by atoms with Gasteiger partial charge in [-0.2, -0.15) is 5.10 Å². The molecule has 4 nitrogen and oxygen atoms in total. The Morgan fingerprint density at radius 3 is 2.69 bits per heavy atom. The third-order valence-corrected chi connectivity index (χ3v) is 2.41. The van der Waals surface area contributed by atoms with Crippen molar-refractivity contribution in [3.05, 3.63) is 15.9 Å². The number of esters is 1. The first-order chi connectivity index (χ1) is 6.11. The van der Waals surface area contributed by atoms with Gasteiger partial charge >= 0.3 is 5.97 Å². The summed E-state index contributed by atoms with van der Waals surface area (Å²) in [6, 6.07) is 0. The van der Waals surface area contributed by atoms with Gasteiger partial charge in [-0.15, -0.1) is 0 Å². The number of rotatable bonds is 2. The van der Waals surface area contributed by atoms with Crippen LogP contribution in [0.15, 0.2) is 4.60 Å². The van der Waals surface area contributed by atoms with Crippen molar-refractivity contribution < 1.29 is 9.53 Å². The van der Waals surface area contributed by atoms with E-state index in [4.69, 9.17) is 0 Å². The molecule has 0 unspecified atom stereocenters. The van der Waals surface area contributed by atoms with Crippen LogP contribution in [0, 0.1) is 6.92 Å². The van der Waals surface area contributed by atoms with E-state index in [1.165, 1.54) is 7.11 Å². The van der Waals surface area contributed by atoms with Gasteiger partial charge in [0.1, 0.15) is 10.2 Å². The molecule has 0 bridgehead atoms. The molecule has 1 heterocycles. The Kier molecular flexibility index (Phi) is 3.08. The zero-order valence-electron chi connectivity index (χ0n) is 7.80. The summed E-state index contributed by atoms with van der Waals surface area (Å²) >= 11 is 3.22. The minimum absolute atomic E-state index is 0.357. The van der Waals surface area contributed by atoms with E-state index in [1.54, 1.807) is 4.68 Å². The Labute approximate surface area is 85.0 Å². The predicted octanol–water partition coefficient (Wildman–Crippen LogP) is 1.76. The van der Waals surface area contributed by atoms with Crippen LogP contribution in [-0.4, -0.2) is 22.9 Å². The summed E-state index contributed by atoms with van der Waals surface area (Å²) in [7, 11) is 1.36. The molecule has 1 aromatic rings. The molecule has 0 spiro atoms. The van der Waals surface area contributed by atoms with Gasteiger partial charge in [-0.05, 0) is 29.8 Å². The van der Waals surface area contributed by atoms with Crippen molar-refractivity contribution in [1.29, 1.82) is 0 Å². The Hall–Kier alpha value is -0.840. The molecule has 0 saturated carbocycles. The van der Waals surface area contributed by atoms with Crippen LogP contribution in [0.5, 0.6) is 0 Å². The fourth-order valence-corrected chi connectivity index (χ4v) is 1.79. The quantitative estimate of drug-likeness (QED) is 0.748. The van der Waals surface area contributed by atoms with E-state index >= 15 is 0 Å². The lowest BCUT2D eigenvalue weighted by Gasteiger charge is -1.99. The van der Waals surface area contributed by atoms with Gasteiger partial charge in [0, 0.05) is 6.54 Å². The number of halogens is 1. The number of carbonyl (C=O) groups excluding carboxylic acids is 1. The molecule has 0 radical (unpaired) electrons. The maximum absolute atomic E-state index is 11.3. The molecular weight excluding hydrogens is 236 g/mol. The second-order valence-electron chi connectivity index (χ2n) is 2.56. The molecule has 0 aromatic carbocycles. The monoisotopic (exact) mass is 246 g/mol. The maximum atomic E-state index is 11.3. The van der Waals surface area contributed by atoms with Crippen molar-refractivity contribution >= 4 is 21.9 Å². The second kappa shape index (κ2) is 3.91. The molecule has 1 aromatic heterocycles. The third-order valence-electron chi connectivity index (χ3n) is 1.85. The van der Waals surface area contributed by atoms with E-state index in [1.807, 2.05) is 13.8 Å². The molecule has 0 atom stereocenters. The average Bonchev–Trinajstić information content (AvgIpc) is 2.40. The highest BCUT2D eigenvalue weighted by molar-refractivity contribution is 9.10. The van der Waals surface area contributed by atoms with E-state index in [9.17, 15) is 4.79 Å². The summed E-state index contributed by atoms with van der Waals surface area (Å²) < 4.78 is 6.92. The molecule has 0 saturated heterocycles. The first kappa shape index (κ1) is 10.2. The Morgan fingerprint density at radius 1 is 1.69 bits per heavy atom. The number of aromatic nitrogens is 2. The number of hydrogen-bond donors (Lipinski definition) is 0. The van der Waals surface area contributed by atoms with Gasteiger partial charge in [0.25, 0.3) is 0 Å². The van der Waals surface area contributed by atoms with E-state index in [2.05, 4.69) is 25.8 Å². The van der Waals surface area contributed by atoms with E-state index in [-0.39, 0.29) is 5.97 Å². The zero-order chi connectivity index (χ0) is 10.0. The molecule has 0 fully saturated rings. The number of nitrogens with zero attached hydrogens (tertiary/aromatic N) is 2. The fourth-order valence-electron chi connectivity index (χ4n) is 1.15. The molecule has 13 heavy (non-hydrogen) atoms. The van der Waals surface area contributed by atoms with Crippen LogP contribution in [0.3, 0.4) is 0 Å². The SMILES string of the molecule is CCn1nc(Br)c(C(=O)OC)c1C. The molecule has 0 aliphatic rings. The predicted molar refractivity (Wildman–Crippen MR) is 51.7 cm³/mol. The normalized spacial score (nSPS) is 10.2. The van der Waals surface area contributed by atoms with E-state index in [0.717, 1.165) is 12.2 Å². The summed E-state index contributed by atoms with van der Waals surface area (Å²) in [5.74, 6) is -0.357. The highest BCUT2D eigenvalue weighted by Crippen LogP contribution is 2.19. The van der Waals surface area contributed by atoms with Crippen LogP contribution in [0.1, 0.15) is 23.0 Å². The number of aryl methyl sites for hydroxylation is 1. The first-order valence-electron chi connectivity index (χ1n) is 3.93. The van der Waals surface area contributed by atoms with Crippen molar-refractivity contribution in [2.45, 2.75) is 20.4 Å². The molecule has 5 heteroatoms. The van der Waals surface area contributed by atoms with Crippen molar-refractivity contribution in [1.82, 2.24) is 9.78 Å². The highest BCUT2D eigenvalue weighted by Gasteiger charge is 2.19. The maximum Gasteiger partial charge on any atom is 0.342 e. The largest absolute Gasteiger partial charge is 0.465 e. The average molecular weight is 247 g/mol. The van der Waals surface area contributed by atoms with Crippen molar-refractivity contribution in [3.63, 3.8) is 0 Å². The molecule has 0 amide bonds. The Morgan fingerprint density at radius 2 is 2.31 bits per heavy atom. The first-order valence-corrected chi connectivity index (χ1v) is 4.72. The van der Waals surface area contributed by atoms with E-state index in [0.29, 0.717) is 10.2 Å². The van der Waals surface area contributed by atoms with Gasteiger partial charge in [0.2, 0.25) is 0 Å². The molecule has 1 rings (SSSR count). The standard InChI is InChI=1S/C8H11BrN2O2/c1-4-11-5(2)6(7(9)10-11)8(12)13-3/h4H2,1-3H3. The van der Waals surface area contributed by atoms with Gasteiger partial charge in [-0.3, -0.25) is 4.68 Å². The molecule has 0 aliphatic carbocycles. The number of methoxy groups -OCH3 is 1. The molecule has 0 N–H and O–H groups in total. The van der Waals surface area contributed by atoms with Crippen LogP contribution < -0.4 is 0 Å². The van der Waals surface area contributed by atoms with Gasteiger partial charge < -0.3 is 4.74 Å². The van der Waals surface area contributed by atoms with Crippen LogP contribution in [-0.2, 0) is 11.3 Å². The summed E-state index contributed by atoms with van der Waals surface area (Å²) in [6.07, 6.45) is 0. The number of ether oxygens (including phenoxy) is 1. The summed E-state index contributed by atoms with van der Waals surface area (Å²) in [4.78, 5) is 11.3. The Bertz CT molecular complexity index is 333. The van der Waals surface area contributed by atoms with Crippen molar-refractivity contribution in [2.24, 2.45) is 0 Å². The number of hydrogen-bond acceptors (Lipinski definition) is 3. The van der Waals surface area contributed by atoms with Gasteiger partial charge in [-0.1, -0.05) is 0 Å². The van der Waals surface area contributed by atoms with Crippen LogP contribution in [0.2, 0.25) is 0 Å². The summed E-state index contributed by atoms with van der Waals surface area (Å²) in [6.45, 7) is 4.54. The second-order valence-corrected chi connectivity index (χ2v) is 3.31. The molecule has 72 valence electrons. The van der Waals surface area contributed by atoms with Crippen LogP contribution >= 0.6 is 15.9 Å². The summed E-state index contributed by atoms with van der Waals surface area (Å²) in [5.41, 5.74) is 1.32. The van der Waals surface area contributed by atoms with Gasteiger partial charge in [0.15, 0.2) is 0 Å². The number of carbonyl (C=O) groups is 1. The van der Waals surface area contributed by atoms with Crippen LogP contribution in [0.4, 0.5) is 0 Å². The third kappa shape index (κ3) is 1.75. The minimum atomic E-state index is -0.357. The van der Waals surface area contributed by atoms with Crippen molar-refractivity contribution in [2.75, 3.05) is 7.11 Å². The van der Waals surface area contributed by atoms with Gasteiger partial charge in [-0.25, -0.2) is 4.79 Å². The minimum Gasteiger partial charge on any atom is -0.465 e. The van der Waals surface area contributed by atoms with Crippen LogP contribution in [0.25, 0.3) is 0 Å². The topological polar surface area (TPSA) is 44.1 Å². The fraction of sp³-hybridized carbons (Fsp3) is 0.500. The lowest BCUT2D eigenvalue weighted by atomic mass is 10.3.